The van der Waals surface area contributed by atoms with Crippen LogP contribution in [0.25, 0.3) is 17.2 Å². The van der Waals surface area contributed by atoms with Gasteiger partial charge in [0.2, 0.25) is 11.8 Å². The van der Waals surface area contributed by atoms with E-state index in [9.17, 15) is 18.7 Å². The van der Waals surface area contributed by atoms with Crippen LogP contribution in [0.4, 0.5) is 14.6 Å². The fraction of sp³-hybridized carbons (Fsp3) is 0.320. The van der Waals surface area contributed by atoms with Gasteiger partial charge in [0.15, 0.2) is 23.1 Å². The van der Waals surface area contributed by atoms with Crippen molar-refractivity contribution >= 4 is 17.4 Å². The number of nitrogens with one attached hydrogen (secondary N) is 1. The van der Waals surface area contributed by atoms with Gasteiger partial charge in [-0.1, -0.05) is 19.4 Å². The predicted octanol–water partition coefficient (Wildman–Crippen LogP) is 4.16. The van der Waals surface area contributed by atoms with Crippen LogP contribution in [-0.2, 0) is 16.6 Å². The first kappa shape index (κ1) is 21.6. The van der Waals surface area contributed by atoms with Crippen molar-refractivity contribution in [1.29, 1.82) is 0 Å². The van der Waals surface area contributed by atoms with Crippen LogP contribution in [0.15, 0.2) is 36.8 Å². The Morgan fingerprint density at radius 3 is 2.77 bits per heavy atom. The molecular formula is C25H22F2N6O2. The first-order valence-electron chi connectivity index (χ1n) is 11.6. The van der Waals surface area contributed by atoms with Crippen LogP contribution in [0.5, 0.6) is 5.88 Å². The van der Waals surface area contributed by atoms with Gasteiger partial charge in [-0.2, -0.15) is 4.98 Å². The lowest BCUT2D eigenvalue weighted by atomic mass is 9.72. The Kier molecular flexibility index (Phi) is 4.80. The number of hydrogen-bond donors (Lipinski definition) is 2. The minimum Gasteiger partial charge on any atom is -0.493 e. The molecule has 1 aromatic carbocycles. The number of unbranched alkanes of at least 4 members (excludes halogenated alkanes) is 1. The molecule has 1 unspecified atom stereocenters. The SMILES string of the molecule is CCCCc1nc(-c2nc(O)c3c(n2)NC(=O)C3(c2ccc(F)c(F)c2)C2CC2)cn2ccnc12. The highest BCUT2D eigenvalue weighted by Gasteiger charge is 2.60. The summed E-state index contributed by atoms with van der Waals surface area (Å²) in [6.45, 7) is 2.09. The number of imidazole rings is 1. The third kappa shape index (κ3) is 3.19. The number of rotatable bonds is 6. The van der Waals surface area contributed by atoms with E-state index in [-0.39, 0.29) is 34.6 Å². The van der Waals surface area contributed by atoms with Gasteiger partial charge in [-0.15, -0.1) is 0 Å². The quantitative estimate of drug-likeness (QED) is 0.433. The summed E-state index contributed by atoms with van der Waals surface area (Å²) in [6.07, 6.45) is 9.26. The number of carbonyl (C=O) groups is 1. The fourth-order valence-corrected chi connectivity index (χ4v) is 5.11. The topological polar surface area (TPSA) is 105 Å². The molecule has 0 saturated heterocycles. The standard InChI is InChI=1S/C25H22F2N6O2/c1-2-3-4-17-22-28-9-10-33(22)12-18(29-17)20-30-21-19(23(34)31-20)25(13-5-6-13,24(35)32-21)14-7-8-15(26)16(27)11-14/h7-13H,2-6H2,1H3,(H2,30,31,32,34,35). The summed E-state index contributed by atoms with van der Waals surface area (Å²) in [6, 6.07) is 3.39. The second kappa shape index (κ2) is 7.79. The van der Waals surface area contributed by atoms with Crippen LogP contribution in [-0.4, -0.2) is 35.4 Å². The highest BCUT2D eigenvalue weighted by Crippen LogP contribution is 2.58. The van der Waals surface area contributed by atoms with Crippen LogP contribution in [0.2, 0.25) is 0 Å². The summed E-state index contributed by atoms with van der Waals surface area (Å²) in [5.74, 6) is -2.78. The minimum absolute atomic E-state index is 0.145. The Labute approximate surface area is 199 Å². The molecule has 3 aromatic heterocycles. The van der Waals surface area contributed by atoms with E-state index in [0.29, 0.717) is 18.5 Å². The van der Waals surface area contributed by atoms with Gasteiger partial charge in [-0.05, 0) is 49.3 Å². The van der Waals surface area contributed by atoms with Crippen molar-refractivity contribution in [2.75, 3.05) is 5.32 Å². The van der Waals surface area contributed by atoms with Crippen molar-refractivity contribution < 1.29 is 18.7 Å². The lowest BCUT2D eigenvalue weighted by Crippen LogP contribution is -2.38. The number of nitrogens with zero attached hydrogens (tertiary/aromatic N) is 5. The average Bonchev–Trinajstić information content (AvgIpc) is 3.49. The smallest absolute Gasteiger partial charge is 0.241 e. The van der Waals surface area contributed by atoms with E-state index in [1.807, 2.05) is 4.40 Å². The molecule has 0 radical (unpaired) electrons. The van der Waals surface area contributed by atoms with Gasteiger partial charge in [0, 0.05) is 18.6 Å². The molecule has 178 valence electrons. The lowest BCUT2D eigenvalue weighted by Gasteiger charge is -2.28. The molecular weight excluding hydrogens is 454 g/mol. The Balaban J connectivity index is 1.51. The summed E-state index contributed by atoms with van der Waals surface area (Å²) in [7, 11) is 0. The van der Waals surface area contributed by atoms with E-state index < -0.39 is 23.0 Å². The van der Waals surface area contributed by atoms with E-state index in [0.717, 1.165) is 42.7 Å². The van der Waals surface area contributed by atoms with E-state index in [2.05, 4.69) is 27.2 Å². The van der Waals surface area contributed by atoms with Gasteiger partial charge >= 0.3 is 0 Å². The Morgan fingerprint density at radius 1 is 1.20 bits per heavy atom. The number of aryl methyl sites for hydroxylation is 1. The first-order chi connectivity index (χ1) is 16.9. The zero-order valence-electron chi connectivity index (χ0n) is 18.9. The monoisotopic (exact) mass is 476 g/mol. The molecule has 1 aliphatic heterocycles. The summed E-state index contributed by atoms with van der Waals surface area (Å²) in [4.78, 5) is 31.4. The van der Waals surface area contributed by atoms with Crippen molar-refractivity contribution in [2.45, 2.75) is 44.4 Å². The molecule has 4 aromatic rings. The van der Waals surface area contributed by atoms with Gasteiger partial charge in [-0.3, -0.25) is 4.79 Å². The van der Waals surface area contributed by atoms with E-state index >= 15 is 0 Å². The van der Waals surface area contributed by atoms with Crippen LogP contribution in [0.3, 0.4) is 0 Å². The molecule has 1 amide bonds. The molecule has 10 heteroatoms. The van der Waals surface area contributed by atoms with Crippen LogP contribution >= 0.6 is 0 Å². The van der Waals surface area contributed by atoms with Crippen molar-refractivity contribution in [3.8, 4) is 17.4 Å². The minimum atomic E-state index is -1.39. The number of halogens is 2. The number of amides is 1. The van der Waals surface area contributed by atoms with Crippen molar-refractivity contribution in [3.05, 3.63) is 65.2 Å². The van der Waals surface area contributed by atoms with E-state index in [1.165, 1.54) is 6.07 Å². The maximum atomic E-state index is 14.2. The predicted molar refractivity (Wildman–Crippen MR) is 123 cm³/mol. The van der Waals surface area contributed by atoms with Crippen LogP contribution in [0.1, 0.15) is 49.4 Å². The molecule has 1 aliphatic carbocycles. The third-order valence-corrected chi connectivity index (χ3v) is 6.88. The first-order valence-corrected chi connectivity index (χ1v) is 11.6. The molecule has 0 bridgehead atoms. The van der Waals surface area contributed by atoms with Gasteiger partial charge in [0.1, 0.15) is 16.9 Å². The highest BCUT2D eigenvalue weighted by molar-refractivity contribution is 6.09. The third-order valence-electron chi connectivity index (χ3n) is 6.88. The Hall–Kier alpha value is -3.95. The number of aromatic hydroxyl groups is 1. The molecule has 8 nitrogen and oxygen atoms in total. The number of benzene rings is 1. The van der Waals surface area contributed by atoms with Crippen LogP contribution in [0, 0.1) is 17.6 Å². The number of anilines is 1. The number of hydrogen-bond acceptors (Lipinski definition) is 6. The van der Waals surface area contributed by atoms with Crippen molar-refractivity contribution in [1.82, 2.24) is 24.3 Å². The zero-order chi connectivity index (χ0) is 24.3. The van der Waals surface area contributed by atoms with E-state index in [4.69, 9.17) is 4.98 Å². The average molecular weight is 476 g/mol. The molecule has 2 N–H and O–H groups in total. The van der Waals surface area contributed by atoms with Gasteiger partial charge < -0.3 is 14.8 Å². The molecule has 0 spiro atoms. The summed E-state index contributed by atoms with van der Waals surface area (Å²) >= 11 is 0. The summed E-state index contributed by atoms with van der Waals surface area (Å²) in [5.41, 5.74) is 1.02. The maximum Gasteiger partial charge on any atom is 0.241 e. The largest absolute Gasteiger partial charge is 0.493 e. The van der Waals surface area contributed by atoms with Crippen molar-refractivity contribution in [2.24, 2.45) is 5.92 Å². The molecule has 6 rings (SSSR count). The Bertz CT molecular complexity index is 1500. The van der Waals surface area contributed by atoms with Crippen LogP contribution < -0.4 is 5.32 Å². The second-order valence-electron chi connectivity index (χ2n) is 9.09. The normalized spacial score (nSPS) is 19.2. The second-order valence-corrected chi connectivity index (χ2v) is 9.09. The Morgan fingerprint density at radius 2 is 2.03 bits per heavy atom. The highest BCUT2D eigenvalue weighted by atomic mass is 19.2. The van der Waals surface area contributed by atoms with Gasteiger partial charge in [0.05, 0.1) is 11.3 Å². The molecule has 2 aliphatic rings. The number of fused-ring (bicyclic) bond motifs is 2. The molecule has 4 heterocycles. The zero-order valence-corrected chi connectivity index (χ0v) is 18.9. The molecule has 35 heavy (non-hydrogen) atoms. The summed E-state index contributed by atoms with van der Waals surface area (Å²) in [5, 5.41) is 13.9. The number of aromatic nitrogens is 5. The van der Waals surface area contributed by atoms with Gasteiger partial charge in [0.25, 0.3) is 0 Å². The van der Waals surface area contributed by atoms with E-state index in [1.54, 1.807) is 18.6 Å². The molecule has 1 fully saturated rings. The molecule has 1 atom stereocenters. The van der Waals surface area contributed by atoms with Crippen molar-refractivity contribution in [3.63, 3.8) is 0 Å². The lowest BCUT2D eigenvalue weighted by molar-refractivity contribution is -0.120. The number of carbonyl (C=O) groups excluding carboxylic acids is 1. The maximum absolute atomic E-state index is 14.2. The summed E-state index contributed by atoms with van der Waals surface area (Å²) < 4.78 is 29.7. The molecule has 1 saturated carbocycles. The fourth-order valence-electron chi connectivity index (χ4n) is 5.11. The van der Waals surface area contributed by atoms with Gasteiger partial charge in [-0.25, -0.2) is 23.7 Å².